The van der Waals surface area contributed by atoms with Gasteiger partial charge in [-0.1, -0.05) is 267 Å². The Hall–Kier alpha value is -9.56. The van der Waals surface area contributed by atoms with Crippen LogP contribution in [0.3, 0.4) is 0 Å². The molecule has 14 rings (SSSR count). The third kappa shape index (κ3) is 7.00. The topological polar surface area (TPSA) is 3.24 Å². The van der Waals surface area contributed by atoms with Crippen molar-refractivity contribution in [1.29, 1.82) is 0 Å². The van der Waals surface area contributed by atoms with E-state index in [1.165, 1.54) is 83.5 Å². The monoisotopic (exact) mass is 953 g/mol. The number of benzene rings is 12. The first-order valence-electron chi connectivity index (χ1n) is 26.1. The molecule has 75 heavy (non-hydrogen) atoms. The van der Waals surface area contributed by atoms with E-state index in [9.17, 15) is 0 Å². The molecule has 0 saturated carbocycles. The highest BCUT2D eigenvalue weighted by Gasteiger charge is 2.47. The van der Waals surface area contributed by atoms with Gasteiger partial charge in [-0.05, 0) is 137 Å². The SMILES string of the molecule is c1ccc(-c2ccc(N(c3ccc(-c4ccc5c(c4)C(c4ccccc4)(c4ccccc4)c4ccccc4-5)cc3)c3ccc4c(c3)-c3ccccc3C4(c3ccccc3)c3ccccc3)c(-c3ccccc3)c2)cc1. The van der Waals surface area contributed by atoms with Gasteiger partial charge >= 0.3 is 0 Å². The quantitative estimate of drug-likeness (QED) is 0.132. The second-order valence-electron chi connectivity index (χ2n) is 19.9. The van der Waals surface area contributed by atoms with Crippen molar-refractivity contribution in [2.45, 2.75) is 10.8 Å². The minimum absolute atomic E-state index is 0.480. The molecule has 2 aliphatic rings. The molecule has 352 valence electrons. The molecular weight excluding hydrogens is 903 g/mol. The van der Waals surface area contributed by atoms with Gasteiger partial charge in [0, 0.05) is 16.9 Å². The van der Waals surface area contributed by atoms with Crippen LogP contribution in [-0.4, -0.2) is 0 Å². The molecule has 0 aromatic heterocycles. The van der Waals surface area contributed by atoms with Gasteiger partial charge in [0.05, 0.1) is 16.5 Å². The van der Waals surface area contributed by atoms with Crippen LogP contribution in [0.1, 0.15) is 44.5 Å². The van der Waals surface area contributed by atoms with Crippen LogP contribution in [0.25, 0.3) is 55.6 Å². The molecule has 0 aliphatic heterocycles. The Bertz CT molecular complexity index is 3940. The zero-order valence-electron chi connectivity index (χ0n) is 41.4. The van der Waals surface area contributed by atoms with E-state index in [1.807, 2.05) is 0 Å². The van der Waals surface area contributed by atoms with Gasteiger partial charge < -0.3 is 4.90 Å². The summed E-state index contributed by atoms with van der Waals surface area (Å²) < 4.78 is 0. The number of nitrogens with zero attached hydrogens (tertiary/aromatic N) is 1. The number of fused-ring (bicyclic) bond motifs is 6. The highest BCUT2D eigenvalue weighted by molar-refractivity contribution is 5.95. The van der Waals surface area contributed by atoms with Crippen molar-refractivity contribution >= 4 is 17.1 Å². The predicted octanol–water partition coefficient (Wildman–Crippen LogP) is 18.9. The van der Waals surface area contributed by atoms with Crippen LogP contribution in [0.15, 0.2) is 309 Å². The normalized spacial score (nSPS) is 13.3. The van der Waals surface area contributed by atoms with E-state index in [-0.39, 0.29) is 0 Å². The third-order valence-electron chi connectivity index (χ3n) is 16.0. The lowest BCUT2D eigenvalue weighted by molar-refractivity contribution is 0.768. The van der Waals surface area contributed by atoms with Crippen LogP contribution in [0.2, 0.25) is 0 Å². The lowest BCUT2D eigenvalue weighted by Crippen LogP contribution is -2.28. The summed E-state index contributed by atoms with van der Waals surface area (Å²) in [5.74, 6) is 0. The molecule has 0 unspecified atom stereocenters. The van der Waals surface area contributed by atoms with Crippen LogP contribution < -0.4 is 4.90 Å². The van der Waals surface area contributed by atoms with E-state index in [1.54, 1.807) is 0 Å². The summed E-state index contributed by atoms with van der Waals surface area (Å²) in [5.41, 5.74) is 24.6. The van der Waals surface area contributed by atoms with Crippen molar-refractivity contribution in [2.75, 3.05) is 4.90 Å². The van der Waals surface area contributed by atoms with Crippen molar-refractivity contribution in [3.8, 4) is 55.6 Å². The van der Waals surface area contributed by atoms with Gasteiger partial charge in [-0.2, -0.15) is 0 Å². The Balaban J connectivity index is 0.964. The van der Waals surface area contributed by atoms with Crippen molar-refractivity contribution in [3.05, 3.63) is 354 Å². The maximum atomic E-state index is 2.48. The number of hydrogen-bond acceptors (Lipinski definition) is 1. The molecule has 0 N–H and O–H groups in total. The molecule has 1 nitrogen and oxygen atoms in total. The highest BCUT2D eigenvalue weighted by atomic mass is 15.1. The summed E-state index contributed by atoms with van der Waals surface area (Å²) in [6, 6.07) is 114. The Morgan fingerprint density at radius 2 is 0.573 bits per heavy atom. The second kappa shape index (κ2) is 18.2. The molecule has 12 aromatic carbocycles. The smallest absolute Gasteiger partial charge is 0.0713 e. The summed E-state index contributed by atoms with van der Waals surface area (Å²) in [5, 5.41) is 0. The Labute approximate surface area is 440 Å². The lowest BCUT2D eigenvalue weighted by atomic mass is 9.67. The highest BCUT2D eigenvalue weighted by Crippen LogP contribution is 2.59. The average Bonchev–Trinajstić information content (AvgIpc) is 3.97. The van der Waals surface area contributed by atoms with Gasteiger partial charge in [0.25, 0.3) is 0 Å². The molecule has 0 spiro atoms. The fourth-order valence-corrected chi connectivity index (χ4v) is 12.8. The van der Waals surface area contributed by atoms with E-state index >= 15 is 0 Å². The van der Waals surface area contributed by atoms with E-state index in [0.29, 0.717) is 0 Å². The third-order valence-corrected chi connectivity index (χ3v) is 16.0. The van der Waals surface area contributed by atoms with Gasteiger partial charge in [-0.3, -0.25) is 0 Å². The first kappa shape index (κ1) is 44.2. The van der Waals surface area contributed by atoms with Crippen LogP contribution in [0, 0.1) is 0 Å². The fraction of sp³-hybridized carbons (Fsp3) is 0.0270. The number of rotatable bonds is 10. The zero-order valence-corrected chi connectivity index (χ0v) is 41.4. The number of anilines is 3. The zero-order chi connectivity index (χ0) is 49.8. The standard InChI is InChI=1S/C74H51N/c1-7-23-52(24-8-1)55-42-48-72(66(49-55)54-25-9-2-10-26-54)75(62-45-47-70-67(51-62)64-36-20-22-38-69(64)73(70,57-27-11-3-12-28-57)58-29-13-4-14-30-58)61-43-39-53(40-44-61)56-41-46-65-63-35-19-21-37-68(63)74(71(65)50-56,59-31-15-5-16-32-59)60-33-17-6-18-34-60/h1-51H. The average molecular weight is 954 g/mol. The van der Waals surface area contributed by atoms with Crippen LogP contribution in [0.5, 0.6) is 0 Å². The molecule has 0 saturated heterocycles. The summed E-state index contributed by atoms with van der Waals surface area (Å²) >= 11 is 0. The molecule has 2 aliphatic carbocycles. The molecule has 0 heterocycles. The Morgan fingerprint density at radius 1 is 0.200 bits per heavy atom. The van der Waals surface area contributed by atoms with Crippen molar-refractivity contribution in [1.82, 2.24) is 0 Å². The van der Waals surface area contributed by atoms with E-state index in [2.05, 4.69) is 314 Å². The lowest BCUT2D eigenvalue weighted by Gasteiger charge is -2.34. The Morgan fingerprint density at radius 3 is 1.12 bits per heavy atom. The van der Waals surface area contributed by atoms with E-state index in [0.717, 1.165) is 33.8 Å². The maximum Gasteiger partial charge on any atom is 0.0713 e. The molecule has 12 aromatic rings. The molecule has 1 heteroatoms. The molecule has 0 bridgehead atoms. The molecule has 0 radical (unpaired) electrons. The first-order chi connectivity index (χ1) is 37.2. The summed E-state index contributed by atoms with van der Waals surface area (Å²) in [6.45, 7) is 0. The summed E-state index contributed by atoms with van der Waals surface area (Å²) in [6.07, 6.45) is 0. The minimum Gasteiger partial charge on any atom is -0.310 e. The van der Waals surface area contributed by atoms with Crippen molar-refractivity contribution < 1.29 is 0 Å². The second-order valence-corrected chi connectivity index (χ2v) is 19.9. The molecular formula is C74H51N. The van der Waals surface area contributed by atoms with Gasteiger partial charge in [-0.25, -0.2) is 0 Å². The van der Waals surface area contributed by atoms with Gasteiger partial charge in [-0.15, -0.1) is 0 Å². The van der Waals surface area contributed by atoms with E-state index in [4.69, 9.17) is 0 Å². The van der Waals surface area contributed by atoms with Gasteiger partial charge in [0.1, 0.15) is 0 Å². The van der Waals surface area contributed by atoms with Gasteiger partial charge in [0.2, 0.25) is 0 Å². The minimum atomic E-state index is -0.498. The number of hydrogen-bond donors (Lipinski definition) is 0. The summed E-state index contributed by atoms with van der Waals surface area (Å²) in [4.78, 5) is 2.48. The molecule has 0 amide bonds. The van der Waals surface area contributed by atoms with E-state index < -0.39 is 10.8 Å². The maximum absolute atomic E-state index is 2.48. The molecule has 0 atom stereocenters. The summed E-state index contributed by atoms with van der Waals surface area (Å²) in [7, 11) is 0. The largest absolute Gasteiger partial charge is 0.310 e. The van der Waals surface area contributed by atoms with Gasteiger partial charge in [0.15, 0.2) is 0 Å². The Kier molecular flexibility index (Phi) is 10.7. The fourth-order valence-electron chi connectivity index (χ4n) is 12.8. The van der Waals surface area contributed by atoms with Crippen LogP contribution >= 0.6 is 0 Å². The van der Waals surface area contributed by atoms with Crippen LogP contribution in [-0.2, 0) is 10.8 Å². The first-order valence-corrected chi connectivity index (χ1v) is 26.1. The molecule has 0 fully saturated rings. The predicted molar refractivity (Wildman–Crippen MR) is 312 cm³/mol. The van der Waals surface area contributed by atoms with Crippen molar-refractivity contribution in [2.24, 2.45) is 0 Å². The van der Waals surface area contributed by atoms with Crippen LogP contribution in [0.4, 0.5) is 17.1 Å². The van der Waals surface area contributed by atoms with Crippen molar-refractivity contribution in [3.63, 3.8) is 0 Å².